The van der Waals surface area contributed by atoms with Crippen LogP contribution in [-0.4, -0.2) is 42.1 Å². The summed E-state index contributed by atoms with van der Waals surface area (Å²) in [5.74, 6) is 1.64. The molecule has 130 valence electrons. The fourth-order valence-electron chi connectivity index (χ4n) is 2.89. The number of anilines is 1. The second kappa shape index (κ2) is 7.71. The van der Waals surface area contributed by atoms with Crippen LogP contribution in [0.3, 0.4) is 0 Å². The smallest absolute Gasteiger partial charge is 0.317 e. The molecule has 1 N–H and O–H groups in total. The van der Waals surface area contributed by atoms with Crippen molar-refractivity contribution in [2.24, 2.45) is 0 Å². The Morgan fingerprint density at radius 2 is 2.24 bits per heavy atom. The molecule has 0 bridgehead atoms. The first-order valence-electron chi connectivity index (χ1n) is 8.31. The number of hydrogen-bond acceptors (Lipinski definition) is 5. The molecule has 0 aromatic carbocycles. The molecule has 3 rings (SSSR count). The number of nitrogens with zero attached hydrogens (tertiary/aromatic N) is 4. The summed E-state index contributed by atoms with van der Waals surface area (Å²) < 4.78 is 5.27. The van der Waals surface area contributed by atoms with Crippen molar-refractivity contribution >= 4 is 11.8 Å². The van der Waals surface area contributed by atoms with Gasteiger partial charge in [-0.3, -0.25) is 0 Å². The topological polar surface area (TPSA) is 85.4 Å². The highest BCUT2D eigenvalue weighted by molar-refractivity contribution is 5.74. The SMILES string of the molecule is CN(Cc1ccco1)C(=O)NC1CCN(c2ccc(C#N)cn2)CC1. The van der Waals surface area contributed by atoms with Crippen molar-refractivity contribution in [2.75, 3.05) is 25.0 Å². The first kappa shape index (κ1) is 16.8. The van der Waals surface area contributed by atoms with Crippen LogP contribution in [0.15, 0.2) is 41.1 Å². The molecule has 25 heavy (non-hydrogen) atoms. The number of carbonyl (C=O) groups is 1. The molecule has 0 aliphatic carbocycles. The van der Waals surface area contributed by atoms with Gasteiger partial charge in [0.1, 0.15) is 17.6 Å². The van der Waals surface area contributed by atoms with Crippen molar-refractivity contribution in [1.82, 2.24) is 15.2 Å². The van der Waals surface area contributed by atoms with E-state index in [9.17, 15) is 4.79 Å². The molecule has 3 heterocycles. The van der Waals surface area contributed by atoms with Gasteiger partial charge in [0, 0.05) is 32.4 Å². The second-order valence-corrected chi connectivity index (χ2v) is 6.16. The first-order chi connectivity index (χ1) is 12.2. The average molecular weight is 339 g/mol. The van der Waals surface area contributed by atoms with Gasteiger partial charge in [-0.05, 0) is 37.1 Å². The second-order valence-electron chi connectivity index (χ2n) is 6.16. The summed E-state index contributed by atoms with van der Waals surface area (Å²) in [5, 5.41) is 11.9. The third kappa shape index (κ3) is 4.29. The van der Waals surface area contributed by atoms with E-state index in [1.54, 1.807) is 30.5 Å². The van der Waals surface area contributed by atoms with Gasteiger partial charge in [-0.25, -0.2) is 9.78 Å². The van der Waals surface area contributed by atoms with E-state index in [2.05, 4.69) is 21.3 Å². The van der Waals surface area contributed by atoms with Crippen LogP contribution < -0.4 is 10.2 Å². The molecular weight excluding hydrogens is 318 g/mol. The van der Waals surface area contributed by atoms with Crippen LogP contribution in [0.1, 0.15) is 24.2 Å². The van der Waals surface area contributed by atoms with Gasteiger partial charge >= 0.3 is 6.03 Å². The Bertz CT molecular complexity index is 728. The minimum atomic E-state index is -0.0913. The van der Waals surface area contributed by atoms with Crippen molar-refractivity contribution in [3.8, 4) is 6.07 Å². The number of furan rings is 1. The van der Waals surface area contributed by atoms with Crippen LogP contribution in [0.2, 0.25) is 0 Å². The molecule has 1 aliphatic heterocycles. The standard InChI is InChI=1S/C18H21N5O2/c1-22(13-16-3-2-10-25-16)18(24)21-15-6-8-23(9-7-15)17-5-4-14(11-19)12-20-17/h2-5,10,12,15H,6-9,13H2,1H3,(H,21,24). The fourth-order valence-corrected chi connectivity index (χ4v) is 2.89. The maximum atomic E-state index is 12.3. The number of nitriles is 1. The van der Waals surface area contributed by atoms with Crippen molar-refractivity contribution in [3.63, 3.8) is 0 Å². The lowest BCUT2D eigenvalue weighted by molar-refractivity contribution is 0.196. The number of nitrogens with one attached hydrogen (secondary N) is 1. The molecule has 1 saturated heterocycles. The first-order valence-corrected chi connectivity index (χ1v) is 8.31. The van der Waals surface area contributed by atoms with E-state index in [4.69, 9.17) is 9.68 Å². The number of amides is 2. The Morgan fingerprint density at radius 1 is 1.44 bits per heavy atom. The highest BCUT2D eigenvalue weighted by Gasteiger charge is 2.22. The minimum absolute atomic E-state index is 0.0913. The maximum Gasteiger partial charge on any atom is 0.317 e. The zero-order valence-electron chi connectivity index (χ0n) is 14.2. The van der Waals surface area contributed by atoms with Gasteiger partial charge in [0.05, 0.1) is 18.4 Å². The third-order valence-corrected chi connectivity index (χ3v) is 4.34. The lowest BCUT2D eigenvalue weighted by Gasteiger charge is -2.33. The van der Waals surface area contributed by atoms with Crippen LogP contribution in [0, 0.1) is 11.3 Å². The Hall–Kier alpha value is -3.01. The summed E-state index contributed by atoms with van der Waals surface area (Å²) in [6, 6.07) is 9.45. The summed E-state index contributed by atoms with van der Waals surface area (Å²) in [6.07, 6.45) is 4.92. The molecular formula is C18H21N5O2. The van der Waals surface area contributed by atoms with Crippen LogP contribution in [0.4, 0.5) is 10.6 Å². The van der Waals surface area contributed by atoms with Gasteiger partial charge in [-0.1, -0.05) is 0 Å². The van der Waals surface area contributed by atoms with Crippen molar-refractivity contribution in [2.45, 2.75) is 25.4 Å². The lowest BCUT2D eigenvalue weighted by atomic mass is 10.1. The number of rotatable bonds is 4. The molecule has 1 fully saturated rings. The fraction of sp³-hybridized carbons (Fsp3) is 0.389. The van der Waals surface area contributed by atoms with E-state index < -0.39 is 0 Å². The summed E-state index contributed by atoms with van der Waals surface area (Å²) in [7, 11) is 1.76. The molecule has 2 amide bonds. The van der Waals surface area contributed by atoms with E-state index >= 15 is 0 Å². The zero-order valence-corrected chi connectivity index (χ0v) is 14.2. The predicted molar refractivity (Wildman–Crippen MR) is 92.9 cm³/mol. The zero-order chi connectivity index (χ0) is 17.6. The van der Waals surface area contributed by atoms with Crippen LogP contribution in [0.5, 0.6) is 0 Å². The Kier molecular flexibility index (Phi) is 5.19. The maximum absolute atomic E-state index is 12.3. The molecule has 1 aliphatic rings. The highest BCUT2D eigenvalue weighted by atomic mass is 16.3. The number of aromatic nitrogens is 1. The van der Waals surface area contributed by atoms with Crippen LogP contribution in [0.25, 0.3) is 0 Å². The largest absolute Gasteiger partial charge is 0.467 e. The van der Waals surface area contributed by atoms with E-state index in [1.807, 2.05) is 18.2 Å². The van der Waals surface area contributed by atoms with Gasteiger partial charge in [0.25, 0.3) is 0 Å². The number of pyridine rings is 1. The molecule has 0 radical (unpaired) electrons. The summed E-state index contributed by atoms with van der Waals surface area (Å²) in [5.41, 5.74) is 0.561. The monoisotopic (exact) mass is 339 g/mol. The molecule has 2 aromatic heterocycles. The molecule has 7 heteroatoms. The average Bonchev–Trinajstić information content (AvgIpc) is 3.15. The van der Waals surface area contributed by atoms with E-state index in [0.29, 0.717) is 12.1 Å². The van der Waals surface area contributed by atoms with Crippen LogP contribution >= 0.6 is 0 Å². The summed E-state index contributed by atoms with van der Waals surface area (Å²) in [6.45, 7) is 2.10. The molecule has 0 unspecified atom stereocenters. The summed E-state index contributed by atoms with van der Waals surface area (Å²) in [4.78, 5) is 20.4. The van der Waals surface area contributed by atoms with E-state index in [1.165, 1.54) is 0 Å². The minimum Gasteiger partial charge on any atom is -0.467 e. The van der Waals surface area contributed by atoms with Crippen LogP contribution in [-0.2, 0) is 6.54 Å². The van der Waals surface area contributed by atoms with Gasteiger partial charge in [-0.2, -0.15) is 5.26 Å². The Morgan fingerprint density at radius 3 is 2.84 bits per heavy atom. The van der Waals surface area contributed by atoms with E-state index in [0.717, 1.165) is 37.5 Å². The van der Waals surface area contributed by atoms with Crippen molar-refractivity contribution < 1.29 is 9.21 Å². The van der Waals surface area contributed by atoms with Gasteiger partial charge < -0.3 is 19.5 Å². The molecule has 0 atom stereocenters. The summed E-state index contributed by atoms with van der Waals surface area (Å²) >= 11 is 0. The normalized spacial score (nSPS) is 14.8. The predicted octanol–water partition coefficient (Wildman–Crippen LogP) is 2.36. The Labute approximate surface area is 146 Å². The Balaban J connectivity index is 1.47. The van der Waals surface area contributed by atoms with E-state index in [-0.39, 0.29) is 12.1 Å². The number of carbonyl (C=O) groups excluding carboxylic acids is 1. The van der Waals surface area contributed by atoms with Gasteiger partial charge in [0.15, 0.2) is 0 Å². The molecule has 0 spiro atoms. The van der Waals surface area contributed by atoms with Gasteiger partial charge in [-0.15, -0.1) is 0 Å². The van der Waals surface area contributed by atoms with Gasteiger partial charge in [0.2, 0.25) is 0 Å². The lowest BCUT2D eigenvalue weighted by Crippen LogP contribution is -2.48. The number of urea groups is 1. The number of hydrogen-bond donors (Lipinski definition) is 1. The third-order valence-electron chi connectivity index (χ3n) is 4.34. The molecule has 0 saturated carbocycles. The number of piperidine rings is 1. The van der Waals surface area contributed by atoms with Crippen molar-refractivity contribution in [3.05, 3.63) is 48.0 Å². The van der Waals surface area contributed by atoms with Crippen molar-refractivity contribution in [1.29, 1.82) is 5.26 Å². The highest BCUT2D eigenvalue weighted by Crippen LogP contribution is 2.18. The quantitative estimate of drug-likeness (QED) is 0.924. The molecule has 2 aromatic rings. The molecule has 7 nitrogen and oxygen atoms in total.